The van der Waals surface area contributed by atoms with E-state index in [4.69, 9.17) is 32.7 Å². The Kier molecular flexibility index (Phi) is 6.01. The first-order valence-electron chi connectivity index (χ1n) is 6.90. The van der Waals surface area contributed by atoms with Crippen LogP contribution in [0.25, 0.3) is 11.1 Å². The minimum Gasteiger partial charge on any atom is -0.465 e. The van der Waals surface area contributed by atoms with Crippen molar-refractivity contribution in [2.24, 2.45) is 0 Å². The van der Waals surface area contributed by atoms with E-state index in [0.29, 0.717) is 21.2 Å². The zero-order valence-electron chi connectivity index (χ0n) is 13.0. The van der Waals surface area contributed by atoms with E-state index in [1.807, 2.05) is 0 Å². The number of halogens is 2. The molecule has 24 heavy (non-hydrogen) atoms. The summed E-state index contributed by atoms with van der Waals surface area (Å²) < 4.78 is 9.71. The Morgan fingerprint density at radius 1 is 0.667 bits per heavy atom. The van der Waals surface area contributed by atoms with E-state index in [1.54, 1.807) is 48.5 Å². The van der Waals surface area contributed by atoms with Crippen LogP contribution in [0.15, 0.2) is 48.5 Å². The molecular weight excluding hydrogens is 351 g/mol. The molecule has 0 saturated heterocycles. The van der Waals surface area contributed by atoms with Crippen LogP contribution in [0.1, 0.15) is 11.1 Å². The topological polar surface area (TPSA) is 52.6 Å². The number of carbonyl (C=O) groups is 2. The average Bonchev–Trinajstić information content (AvgIpc) is 2.60. The van der Waals surface area contributed by atoms with Crippen LogP contribution in [0.3, 0.4) is 0 Å². The molecule has 0 aromatic heterocycles. The van der Waals surface area contributed by atoms with Gasteiger partial charge in [0, 0.05) is 10.0 Å². The third kappa shape index (κ3) is 3.96. The zero-order valence-corrected chi connectivity index (χ0v) is 14.5. The lowest BCUT2D eigenvalue weighted by atomic mass is 9.94. The molecule has 0 aliphatic heterocycles. The first-order chi connectivity index (χ1) is 11.5. The van der Waals surface area contributed by atoms with Gasteiger partial charge in [0.2, 0.25) is 0 Å². The van der Waals surface area contributed by atoms with E-state index in [9.17, 15) is 9.59 Å². The van der Waals surface area contributed by atoms with Crippen molar-refractivity contribution in [1.29, 1.82) is 0 Å². The van der Waals surface area contributed by atoms with Gasteiger partial charge in [-0.1, -0.05) is 47.5 Å². The monoisotopic (exact) mass is 364 g/mol. The first-order valence-corrected chi connectivity index (χ1v) is 7.66. The number of ether oxygens (including phenoxy) is 2. The Balaban J connectivity index is 2.77. The summed E-state index contributed by atoms with van der Waals surface area (Å²) >= 11 is 11.8. The summed E-state index contributed by atoms with van der Waals surface area (Å²) in [5.41, 5.74) is 1.15. The maximum atomic E-state index is 12.4. The molecule has 0 N–H and O–H groups in total. The zero-order chi connectivity index (χ0) is 17.7. The largest absolute Gasteiger partial charge is 0.465 e. The highest BCUT2D eigenvalue weighted by Crippen LogP contribution is 2.30. The maximum Gasteiger partial charge on any atom is 0.339 e. The van der Waals surface area contributed by atoms with Crippen molar-refractivity contribution in [3.05, 3.63) is 69.7 Å². The summed E-state index contributed by atoms with van der Waals surface area (Å²) in [5, 5.41) is 1.02. The summed E-state index contributed by atoms with van der Waals surface area (Å²) in [6.07, 6.45) is 0. The third-order valence-corrected chi connectivity index (χ3v) is 3.80. The minimum absolute atomic E-state index is 0.0864. The van der Waals surface area contributed by atoms with Crippen molar-refractivity contribution in [2.45, 2.75) is 0 Å². The minimum atomic E-state index is -0.660. The molecule has 0 aliphatic carbocycles. The molecule has 0 amide bonds. The van der Waals surface area contributed by atoms with Gasteiger partial charge in [-0.2, -0.15) is 0 Å². The summed E-state index contributed by atoms with van der Waals surface area (Å²) in [6, 6.07) is 13.0. The van der Waals surface area contributed by atoms with Crippen LogP contribution in [-0.2, 0) is 19.1 Å². The second-order valence-corrected chi connectivity index (χ2v) is 5.62. The van der Waals surface area contributed by atoms with E-state index in [1.165, 1.54) is 14.2 Å². The number of methoxy groups -OCH3 is 2. The predicted molar refractivity (Wildman–Crippen MR) is 93.8 cm³/mol. The van der Waals surface area contributed by atoms with Crippen molar-refractivity contribution in [3.63, 3.8) is 0 Å². The fraction of sp³-hybridized carbons (Fsp3) is 0.111. The quantitative estimate of drug-likeness (QED) is 0.462. The van der Waals surface area contributed by atoms with Gasteiger partial charge in [0.05, 0.1) is 25.4 Å². The van der Waals surface area contributed by atoms with E-state index in [2.05, 4.69) is 0 Å². The van der Waals surface area contributed by atoms with Crippen molar-refractivity contribution in [2.75, 3.05) is 14.2 Å². The van der Waals surface area contributed by atoms with Gasteiger partial charge in [-0.3, -0.25) is 0 Å². The molecule has 6 heteroatoms. The number of hydrogen-bond donors (Lipinski definition) is 0. The van der Waals surface area contributed by atoms with Gasteiger partial charge in [0.1, 0.15) is 0 Å². The van der Waals surface area contributed by atoms with Crippen molar-refractivity contribution in [3.8, 4) is 0 Å². The van der Waals surface area contributed by atoms with Crippen molar-refractivity contribution >= 4 is 46.3 Å². The highest BCUT2D eigenvalue weighted by molar-refractivity contribution is 6.37. The molecule has 2 aromatic rings. The Morgan fingerprint density at radius 2 is 0.958 bits per heavy atom. The van der Waals surface area contributed by atoms with Gasteiger partial charge in [-0.25, -0.2) is 9.59 Å². The molecule has 0 heterocycles. The molecule has 2 aromatic carbocycles. The Bertz CT molecular complexity index is 710. The average molecular weight is 365 g/mol. The molecule has 0 saturated carbocycles. The van der Waals surface area contributed by atoms with Crippen molar-refractivity contribution < 1.29 is 19.1 Å². The van der Waals surface area contributed by atoms with Gasteiger partial charge >= 0.3 is 11.9 Å². The van der Waals surface area contributed by atoms with Gasteiger partial charge < -0.3 is 9.47 Å². The second kappa shape index (κ2) is 7.99. The van der Waals surface area contributed by atoms with Crippen LogP contribution in [0.4, 0.5) is 0 Å². The van der Waals surface area contributed by atoms with Crippen molar-refractivity contribution in [1.82, 2.24) is 0 Å². The summed E-state index contributed by atoms with van der Waals surface area (Å²) in [5.74, 6) is -1.32. The molecular formula is C18H14Cl2O4. The first kappa shape index (κ1) is 18.0. The predicted octanol–water partition coefficient (Wildman–Crippen LogP) is 4.25. The van der Waals surface area contributed by atoms with E-state index >= 15 is 0 Å². The lowest BCUT2D eigenvalue weighted by Crippen LogP contribution is -2.13. The van der Waals surface area contributed by atoms with Gasteiger partial charge in [0.15, 0.2) is 0 Å². The van der Waals surface area contributed by atoms with Crippen LogP contribution in [0.5, 0.6) is 0 Å². The van der Waals surface area contributed by atoms with E-state index in [-0.39, 0.29) is 11.1 Å². The van der Waals surface area contributed by atoms with Gasteiger partial charge in [-0.05, 0) is 35.4 Å². The van der Waals surface area contributed by atoms with Crippen LogP contribution in [0, 0.1) is 0 Å². The number of esters is 2. The Labute approximate surface area is 149 Å². The molecule has 0 atom stereocenters. The SMILES string of the molecule is COC(=O)/C(=C(/C(=O)OC)c1ccc(Cl)cc1)c1ccc(Cl)cc1. The summed E-state index contributed by atoms with van der Waals surface area (Å²) in [6.45, 7) is 0. The van der Waals surface area contributed by atoms with E-state index in [0.717, 1.165) is 0 Å². The lowest BCUT2D eigenvalue weighted by Gasteiger charge is -2.13. The molecule has 0 unspecified atom stereocenters. The molecule has 0 aliphatic rings. The van der Waals surface area contributed by atoms with Gasteiger partial charge in [0.25, 0.3) is 0 Å². The number of hydrogen-bond acceptors (Lipinski definition) is 4. The molecule has 0 bridgehead atoms. The highest BCUT2D eigenvalue weighted by atomic mass is 35.5. The Hall–Kier alpha value is -2.30. The summed E-state index contributed by atoms with van der Waals surface area (Å²) in [7, 11) is 2.49. The third-order valence-electron chi connectivity index (χ3n) is 3.29. The molecule has 0 fully saturated rings. The smallest absolute Gasteiger partial charge is 0.339 e. The maximum absolute atomic E-state index is 12.4. The molecule has 124 valence electrons. The fourth-order valence-electron chi connectivity index (χ4n) is 2.17. The van der Waals surface area contributed by atoms with E-state index < -0.39 is 11.9 Å². The lowest BCUT2D eigenvalue weighted by molar-refractivity contribution is -0.135. The second-order valence-electron chi connectivity index (χ2n) is 4.75. The van der Waals surface area contributed by atoms with Gasteiger partial charge in [-0.15, -0.1) is 0 Å². The Morgan fingerprint density at radius 3 is 1.21 bits per heavy atom. The number of rotatable bonds is 4. The standard InChI is InChI=1S/C18H14Cl2O4/c1-23-17(21)15(11-3-7-13(19)8-4-11)16(18(22)24-2)12-5-9-14(20)10-6-12/h3-10H,1-2H3/b16-15+. The molecule has 4 nitrogen and oxygen atoms in total. The van der Waals surface area contributed by atoms with Crippen LogP contribution in [-0.4, -0.2) is 26.2 Å². The molecule has 2 rings (SSSR count). The van der Waals surface area contributed by atoms with Crippen LogP contribution < -0.4 is 0 Å². The molecule has 0 radical (unpaired) electrons. The molecule has 0 spiro atoms. The number of carbonyl (C=O) groups excluding carboxylic acids is 2. The fourth-order valence-corrected chi connectivity index (χ4v) is 2.42. The number of benzene rings is 2. The normalized spacial score (nSPS) is 11.5. The highest BCUT2D eigenvalue weighted by Gasteiger charge is 2.25. The van der Waals surface area contributed by atoms with Crippen LogP contribution >= 0.6 is 23.2 Å². The van der Waals surface area contributed by atoms with Crippen LogP contribution in [0.2, 0.25) is 10.0 Å². The summed E-state index contributed by atoms with van der Waals surface area (Å²) in [4.78, 5) is 24.7.